The van der Waals surface area contributed by atoms with Gasteiger partial charge in [0.1, 0.15) is 5.94 Å². The van der Waals surface area contributed by atoms with Crippen LogP contribution in [-0.4, -0.2) is 34.2 Å². The first-order valence-electron chi connectivity index (χ1n) is 2.95. The van der Waals surface area contributed by atoms with Crippen LogP contribution in [0.25, 0.3) is 0 Å². The number of quaternary nitrogens is 1. The van der Waals surface area contributed by atoms with Crippen molar-refractivity contribution in [1.29, 1.82) is 0 Å². The fourth-order valence-corrected chi connectivity index (χ4v) is 0.458. The quantitative estimate of drug-likeness (QED) is 0.326. The van der Waals surface area contributed by atoms with Crippen LogP contribution in [0.5, 0.6) is 0 Å². The number of halogens is 1. The van der Waals surface area contributed by atoms with Crippen LogP contribution in [0.4, 0.5) is 0 Å². The second kappa shape index (κ2) is 6.42. The van der Waals surface area contributed by atoms with Crippen molar-refractivity contribution in [3.05, 3.63) is 0 Å². The van der Waals surface area contributed by atoms with Crippen LogP contribution < -0.4 is 18.1 Å². The first-order valence-corrected chi connectivity index (χ1v) is 2.95. The van der Waals surface area contributed by atoms with Crippen LogP contribution in [0.2, 0.25) is 0 Å². The van der Waals surface area contributed by atoms with Gasteiger partial charge >= 0.3 is 13.1 Å². The van der Waals surface area contributed by atoms with Crippen molar-refractivity contribution in [2.24, 2.45) is 0 Å². The van der Waals surface area contributed by atoms with Gasteiger partial charge in [-0.15, -0.1) is 0 Å². The van der Waals surface area contributed by atoms with Gasteiger partial charge in [0.2, 0.25) is 0 Å². The summed E-state index contributed by atoms with van der Waals surface area (Å²) in [5.74, 6) is -1.56. The van der Waals surface area contributed by atoms with Crippen molar-refractivity contribution >= 4 is 13.1 Å². The van der Waals surface area contributed by atoms with Gasteiger partial charge in [-0.1, -0.05) is 0 Å². The van der Waals surface area contributed by atoms with Crippen molar-refractivity contribution < 1.29 is 38.1 Å². The number of hydrogen-bond acceptors (Lipinski definition) is 3. The maximum absolute atomic E-state index is 9.94. The van der Waals surface area contributed by atoms with E-state index in [4.69, 9.17) is 15.2 Å². The minimum Gasteiger partial charge on any atom is -1.00 e. The van der Waals surface area contributed by atoms with Gasteiger partial charge in [-0.05, 0) is 0 Å². The van der Waals surface area contributed by atoms with Crippen LogP contribution in [0.3, 0.4) is 0 Å². The van der Waals surface area contributed by atoms with Gasteiger partial charge in [-0.2, -0.15) is 0 Å². The van der Waals surface area contributed by atoms with Gasteiger partial charge in [-0.25, -0.2) is 0 Å². The van der Waals surface area contributed by atoms with E-state index in [1.165, 1.54) is 0 Å². The SMILES string of the molecule is [Cl-].[NH3+]C(CCC(=O)O)B(O)O. The van der Waals surface area contributed by atoms with E-state index in [2.05, 4.69) is 5.73 Å². The van der Waals surface area contributed by atoms with E-state index < -0.39 is 19.0 Å². The molecule has 0 rings (SSSR count). The molecule has 0 radical (unpaired) electrons. The molecule has 0 aliphatic rings. The van der Waals surface area contributed by atoms with E-state index in [-0.39, 0.29) is 25.2 Å². The molecule has 0 aliphatic heterocycles. The molecule has 0 fully saturated rings. The number of aliphatic carboxylic acids is 1. The topological polar surface area (TPSA) is 105 Å². The van der Waals surface area contributed by atoms with Crippen molar-refractivity contribution in [3.63, 3.8) is 0 Å². The highest BCUT2D eigenvalue weighted by atomic mass is 35.5. The van der Waals surface area contributed by atoms with Gasteiger partial charge in [0.15, 0.2) is 0 Å². The molecule has 0 aliphatic carbocycles. The minimum atomic E-state index is -1.51. The van der Waals surface area contributed by atoms with Crippen LogP contribution >= 0.6 is 0 Å². The minimum absolute atomic E-state index is 0. The first-order chi connectivity index (χ1) is 4.54. The third kappa shape index (κ3) is 7.60. The summed E-state index contributed by atoms with van der Waals surface area (Å²) in [6.45, 7) is 0. The molecule has 0 saturated heterocycles. The highest BCUT2D eigenvalue weighted by Gasteiger charge is 2.23. The van der Waals surface area contributed by atoms with Gasteiger partial charge in [0.25, 0.3) is 0 Å². The van der Waals surface area contributed by atoms with E-state index in [1.54, 1.807) is 0 Å². The molecule has 1 atom stereocenters. The summed E-state index contributed by atoms with van der Waals surface area (Å²) >= 11 is 0. The Morgan fingerprint density at radius 1 is 1.55 bits per heavy atom. The Morgan fingerprint density at radius 2 is 2.00 bits per heavy atom. The van der Waals surface area contributed by atoms with Crippen molar-refractivity contribution in [2.45, 2.75) is 18.8 Å². The zero-order chi connectivity index (χ0) is 8.15. The molecule has 0 saturated carbocycles. The normalized spacial score (nSPS) is 11.5. The van der Waals surface area contributed by atoms with E-state index in [9.17, 15) is 4.79 Å². The molecule has 0 amide bonds. The summed E-state index contributed by atoms with van der Waals surface area (Å²) in [7, 11) is -1.51. The third-order valence-corrected chi connectivity index (χ3v) is 1.15. The average Bonchev–Trinajstić information content (AvgIpc) is 1.82. The number of carboxylic acid groups (broad SMARTS) is 1. The summed E-state index contributed by atoms with van der Waals surface area (Å²) in [6, 6.07) is 0. The molecule has 0 spiro atoms. The standard InChI is InChI=1S/C4H10BNO4.ClH/c6-3(5(9)10)1-2-4(7)8;/h3,9-10H,1-2,6H2,(H,7,8);1H. The molecule has 0 heterocycles. The van der Waals surface area contributed by atoms with E-state index >= 15 is 0 Å². The molecular weight excluding hydrogens is 172 g/mol. The lowest BCUT2D eigenvalue weighted by Gasteiger charge is -2.02. The van der Waals surface area contributed by atoms with E-state index in [0.717, 1.165) is 0 Å². The van der Waals surface area contributed by atoms with Crippen LogP contribution in [-0.2, 0) is 4.79 Å². The molecule has 5 nitrogen and oxygen atoms in total. The van der Waals surface area contributed by atoms with Crippen molar-refractivity contribution in [3.8, 4) is 0 Å². The van der Waals surface area contributed by atoms with Crippen LogP contribution in [0, 0.1) is 0 Å². The molecule has 0 aromatic rings. The summed E-state index contributed by atoms with van der Waals surface area (Å²) in [5.41, 5.74) is 3.35. The predicted molar refractivity (Wildman–Crippen MR) is 33.7 cm³/mol. The highest BCUT2D eigenvalue weighted by molar-refractivity contribution is 6.42. The lowest BCUT2D eigenvalue weighted by atomic mass is 9.78. The molecule has 1 unspecified atom stereocenters. The van der Waals surface area contributed by atoms with Crippen LogP contribution in [0.1, 0.15) is 12.8 Å². The Kier molecular flexibility index (Phi) is 7.76. The number of hydrogen-bond donors (Lipinski definition) is 4. The van der Waals surface area contributed by atoms with Gasteiger partial charge in [0, 0.05) is 6.42 Å². The molecule has 7 heteroatoms. The summed E-state index contributed by atoms with van der Waals surface area (Å²) in [4.78, 5) is 9.94. The summed E-state index contributed by atoms with van der Waals surface area (Å²) in [5, 5.41) is 25.0. The zero-order valence-corrected chi connectivity index (χ0v) is 6.66. The van der Waals surface area contributed by atoms with Crippen LogP contribution in [0.15, 0.2) is 0 Å². The van der Waals surface area contributed by atoms with Crippen molar-refractivity contribution in [1.82, 2.24) is 0 Å². The smallest absolute Gasteiger partial charge is 0.515 e. The first kappa shape index (κ1) is 13.3. The second-order valence-corrected chi connectivity index (χ2v) is 2.11. The van der Waals surface area contributed by atoms with Crippen molar-refractivity contribution in [2.75, 3.05) is 0 Å². The lowest BCUT2D eigenvalue weighted by Crippen LogP contribution is -3.00. The molecule has 6 N–H and O–H groups in total. The Balaban J connectivity index is 0. The second-order valence-electron chi connectivity index (χ2n) is 2.11. The molecule has 0 bridgehead atoms. The third-order valence-electron chi connectivity index (χ3n) is 1.15. The summed E-state index contributed by atoms with van der Waals surface area (Å²) < 4.78 is 0. The van der Waals surface area contributed by atoms with Gasteiger partial charge < -0.3 is 33.3 Å². The zero-order valence-electron chi connectivity index (χ0n) is 5.90. The summed E-state index contributed by atoms with van der Waals surface area (Å²) in [6.07, 6.45) is 0.110. The molecule has 66 valence electrons. The van der Waals surface area contributed by atoms with E-state index in [1.807, 2.05) is 0 Å². The largest absolute Gasteiger partial charge is 1.00 e. The number of carbonyl (C=O) groups is 1. The monoisotopic (exact) mass is 183 g/mol. The maximum Gasteiger partial charge on any atom is 0.515 e. The Morgan fingerprint density at radius 3 is 2.27 bits per heavy atom. The highest BCUT2D eigenvalue weighted by Crippen LogP contribution is 1.92. The van der Waals surface area contributed by atoms with Gasteiger partial charge in [-0.3, -0.25) is 4.79 Å². The molecule has 0 aromatic heterocycles. The Hall–Kier alpha value is -0.295. The Labute approximate surface area is 70.8 Å². The fraction of sp³-hybridized carbons (Fsp3) is 0.750. The lowest BCUT2D eigenvalue weighted by molar-refractivity contribution is -0.398. The average molecular weight is 183 g/mol. The predicted octanol–water partition coefficient (Wildman–Crippen LogP) is -5.52. The maximum atomic E-state index is 9.94. The molecule has 0 aromatic carbocycles. The molecular formula is C4H11BClNO4. The molecule has 11 heavy (non-hydrogen) atoms. The van der Waals surface area contributed by atoms with Gasteiger partial charge in [0.05, 0.1) is 6.42 Å². The Bertz CT molecular complexity index is 123. The number of rotatable bonds is 4. The number of carboxylic acids is 1. The van der Waals surface area contributed by atoms with E-state index in [0.29, 0.717) is 0 Å². The fourth-order valence-electron chi connectivity index (χ4n) is 0.458.